The second-order valence-electron chi connectivity index (χ2n) is 2.00. The first-order chi connectivity index (χ1) is 5.87. The Hall–Kier alpha value is -0.330. The smallest absolute Gasteiger partial charge is 0.324 e. The van der Waals surface area contributed by atoms with Crippen molar-refractivity contribution in [3.8, 4) is 0 Å². The van der Waals surface area contributed by atoms with Crippen LogP contribution in [0.3, 0.4) is 0 Å². The summed E-state index contributed by atoms with van der Waals surface area (Å²) in [6.45, 7) is 0. The molecule has 0 saturated carbocycles. The molecule has 0 aromatic carbocycles. The molecule has 13 heavy (non-hydrogen) atoms. The van der Waals surface area contributed by atoms with Crippen molar-refractivity contribution in [1.29, 1.82) is 0 Å². The molecule has 0 aromatic rings. The van der Waals surface area contributed by atoms with Gasteiger partial charge in [-0.2, -0.15) is 0 Å². The zero-order valence-corrected chi connectivity index (χ0v) is 8.04. The SMILES string of the molecule is O=S(O)C(C=CF)=CCP(=O)(O)O. The van der Waals surface area contributed by atoms with Crippen molar-refractivity contribution in [2.75, 3.05) is 6.16 Å². The molecule has 0 fully saturated rings. The molecule has 0 amide bonds. The van der Waals surface area contributed by atoms with Crippen LogP contribution in [0.2, 0.25) is 0 Å². The maximum absolute atomic E-state index is 11.6. The molecule has 0 spiro atoms. The number of rotatable bonds is 4. The number of halogens is 1. The van der Waals surface area contributed by atoms with E-state index in [-0.39, 0.29) is 11.2 Å². The van der Waals surface area contributed by atoms with Gasteiger partial charge in [-0.15, -0.1) is 0 Å². The molecule has 0 radical (unpaired) electrons. The summed E-state index contributed by atoms with van der Waals surface area (Å²) in [6, 6.07) is 0. The zero-order valence-electron chi connectivity index (χ0n) is 6.33. The van der Waals surface area contributed by atoms with Crippen LogP contribution in [0.1, 0.15) is 0 Å². The van der Waals surface area contributed by atoms with Crippen LogP contribution >= 0.6 is 7.60 Å². The monoisotopic (exact) mass is 230 g/mol. The Kier molecular flexibility index (Phi) is 5.27. The lowest BCUT2D eigenvalue weighted by atomic mass is 10.5. The van der Waals surface area contributed by atoms with Gasteiger partial charge in [0.2, 0.25) is 0 Å². The van der Waals surface area contributed by atoms with E-state index in [4.69, 9.17) is 14.3 Å². The fourth-order valence-electron chi connectivity index (χ4n) is 0.469. The molecule has 0 rings (SSSR count). The van der Waals surface area contributed by atoms with Crippen LogP contribution in [0, 0.1) is 0 Å². The summed E-state index contributed by atoms with van der Waals surface area (Å²) < 4.78 is 40.7. The molecule has 0 aliphatic rings. The minimum Gasteiger partial charge on any atom is -0.324 e. The van der Waals surface area contributed by atoms with E-state index in [9.17, 15) is 13.2 Å². The summed E-state index contributed by atoms with van der Waals surface area (Å²) in [4.78, 5) is 16.4. The van der Waals surface area contributed by atoms with Gasteiger partial charge in [-0.3, -0.25) is 4.57 Å². The Morgan fingerprint density at radius 2 is 2.08 bits per heavy atom. The summed E-state index contributed by atoms with van der Waals surface area (Å²) in [5.41, 5.74) is 0. The summed E-state index contributed by atoms with van der Waals surface area (Å²) in [5.74, 6) is 0. The van der Waals surface area contributed by atoms with Crippen molar-refractivity contribution < 1.29 is 27.5 Å². The average molecular weight is 230 g/mol. The maximum atomic E-state index is 11.6. The van der Waals surface area contributed by atoms with E-state index in [1.54, 1.807) is 0 Å². The van der Waals surface area contributed by atoms with Crippen LogP contribution in [-0.4, -0.2) is 24.7 Å². The predicted octanol–water partition coefficient (Wildman–Crippen LogP) is 0.753. The van der Waals surface area contributed by atoms with Crippen LogP contribution in [0.25, 0.3) is 0 Å². The van der Waals surface area contributed by atoms with E-state index in [1.807, 2.05) is 0 Å². The third kappa shape index (κ3) is 6.80. The van der Waals surface area contributed by atoms with E-state index in [1.165, 1.54) is 0 Å². The minimum absolute atomic E-state index is 0.0135. The van der Waals surface area contributed by atoms with Crippen molar-refractivity contribution in [2.45, 2.75) is 0 Å². The number of hydrogen-bond donors (Lipinski definition) is 3. The van der Waals surface area contributed by atoms with E-state index < -0.39 is 24.8 Å². The van der Waals surface area contributed by atoms with Crippen LogP contribution in [0.5, 0.6) is 0 Å². The van der Waals surface area contributed by atoms with Crippen LogP contribution < -0.4 is 0 Å². The first kappa shape index (κ1) is 12.7. The molecule has 8 heteroatoms. The highest BCUT2D eigenvalue weighted by atomic mass is 32.2. The molecule has 0 heterocycles. The third-order valence-corrected chi connectivity index (χ3v) is 2.32. The Morgan fingerprint density at radius 3 is 2.38 bits per heavy atom. The normalized spacial score (nSPS) is 16.5. The molecule has 0 aliphatic carbocycles. The van der Waals surface area contributed by atoms with Gasteiger partial charge in [-0.05, 0) is 6.08 Å². The Morgan fingerprint density at radius 1 is 1.54 bits per heavy atom. The lowest BCUT2D eigenvalue weighted by Crippen LogP contribution is -1.92. The summed E-state index contributed by atoms with van der Waals surface area (Å²) >= 11 is -2.45. The van der Waals surface area contributed by atoms with Gasteiger partial charge in [0.25, 0.3) is 0 Å². The highest BCUT2D eigenvalue weighted by Crippen LogP contribution is 2.34. The molecule has 76 valence electrons. The van der Waals surface area contributed by atoms with E-state index >= 15 is 0 Å². The van der Waals surface area contributed by atoms with Crippen molar-refractivity contribution in [3.05, 3.63) is 23.4 Å². The highest BCUT2D eigenvalue weighted by molar-refractivity contribution is 7.83. The van der Waals surface area contributed by atoms with E-state index in [2.05, 4.69) is 0 Å². The largest absolute Gasteiger partial charge is 0.329 e. The average Bonchev–Trinajstić information content (AvgIpc) is 1.95. The van der Waals surface area contributed by atoms with Gasteiger partial charge < -0.3 is 14.3 Å². The molecule has 3 N–H and O–H groups in total. The van der Waals surface area contributed by atoms with Gasteiger partial charge >= 0.3 is 7.60 Å². The molecule has 5 nitrogen and oxygen atoms in total. The van der Waals surface area contributed by atoms with Crippen molar-refractivity contribution in [3.63, 3.8) is 0 Å². The van der Waals surface area contributed by atoms with Gasteiger partial charge in [0.1, 0.15) is 0 Å². The molecule has 0 aliphatic heterocycles. The fourth-order valence-corrected chi connectivity index (χ4v) is 1.42. The summed E-state index contributed by atoms with van der Waals surface area (Å²) in [6.07, 6.45) is 0.789. The minimum atomic E-state index is -4.26. The van der Waals surface area contributed by atoms with Crippen molar-refractivity contribution >= 4 is 18.7 Å². The van der Waals surface area contributed by atoms with Crippen LogP contribution in [0.4, 0.5) is 4.39 Å². The third-order valence-electron chi connectivity index (χ3n) is 0.959. The topological polar surface area (TPSA) is 94.8 Å². The van der Waals surface area contributed by atoms with Crippen molar-refractivity contribution in [1.82, 2.24) is 0 Å². The Balaban J connectivity index is 4.56. The van der Waals surface area contributed by atoms with E-state index in [0.29, 0.717) is 6.08 Å². The standard InChI is InChI=1S/C5H8FO5PS/c6-3-1-5(13(10)11)2-4-12(7,8)9/h1-3H,4H2,(H,10,11)(H2,7,8,9). The molecular formula is C5H8FO5PS. The molecule has 1 unspecified atom stereocenters. The molecular weight excluding hydrogens is 222 g/mol. The second-order valence-corrected chi connectivity index (χ2v) is 4.66. The van der Waals surface area contributed by atoms with Gasteiger partial charge in [-0.25, -0.2) is 8.60 Å². The lowest BCUT2D eigenvalue weighted by Gasteiger charge is -1.99. The first-order valence-electron chi connectivity index (χ1n) is 2.99. The van der Waals surface area contributed by atoms with Crippen LogP contribution in [-0.2, 0) is 15.6 Å². The molecule has 1 atom stereocenters. The maximum Gasteiger partial charge on any atom is 0.329 e. The highest BCUT2D eigenvalue weighted by Gasteiger charge is 2.11. The molecule has 0 saturated heterocycles. The number of allylic oxidation sites excluding steroid dienone is 2. The molecule has 0 aromatic heterocycles. The van der Waals surface area contributed by atoms with E-state index in [0.717, 1.165) is 6.08 Å². The predicted molar refractivity (Wildman–Crippen MR) is 46.0 cm³/mol. The second kappa shape index (κ2) is 5.41. The Labute approximate surface area is 76.4 Å². The van der Waals surface area contributed by atoms with Gasteiger partial charge in [0.15, 0.2) is 11.1 Å². The number of hydrogen-bond acceptors (Lipinski definition) is 2. The first-order valence-corrected chi connectivity index (χ1v) is 5.89. The van der Waals surface area contributed by atoms with Crippen molar-refractivity contribution in [2.24, 2.45) is 0 Å². The summed E-state index contributed by atoms with van der Waals surface area (Å²) in [5, 5.41) is 0. The lowest BCUT2D eigenvalue weighted by molar-refractivity contribution is 0.377. The quantitative estimate of drug-likeness (QED) is 0.376. The van der Waals surface area contributed by atoms with Gasteiger partial charge in [0, 0.05) is 0 Å². The zero-order chi connectivity index (χ0) is 10.5. The fraction of sp³-hybridized carbons (Fsp3) is 0.200. The van der Waals surface area contributed by atoms with Gasteiger partial charge in [-0.1, -0.05) is 6.08 Å². The Bertz CT molecular complexity index is 293. The van der Waals surface area contributed by atoms with Gasteiger partial charge in [0.05, 0.1) is 17.4 Å². The molecule has 0 bridgehead atoms. The summed E-state index contributed by atoms with van der Waals surface area (Å²) in [7, 11) is -4.26. The van der Waals surface area contributed by atoms with Crippen LogP contribution in [0.15, 0.2) is 23.4 Å².